The molecule has 1 saturated heterocycles. The zero-order valence-corrected chi connectivity index (χ0v) is 10.1. The van der Waals surface area contributed by atoms with Crippen LogP contribution in [0.2, 0.25) is 0 Å². The van der Waals surface area contributed by atoms with Gasteiger partial charge in [-0.2, -0.15) is 0 Å². The highest BCUT2D eigenvalue weighted by molar-refractivity contribution is 5.97. The fourth-order valence-corrected chi connectivity index (χ4v) is 2.52. The van der Waals surface area contributed by atoms with Gasteiger partial charge in [0.25, 0.3) is 5.91 Å². The number of anilines is 1. The maximum Gasteiger partial charge on any atom is 0.259 e. The Balaban J connectivity index is 1.96. The number of nitrogens with zero attached hydrogens (tertiary/aromatic N) is 2. The van der Waals surface area contributed by atoms with Crippen molar-refractivity contribution >= 4 is 11.6 Å². The number of carbonyl (C=O) groups is 1. The Bertz CT molecular complexity index is 491. The summed E-state index contributed by atoms with van der Waals surface area (Å²) in [5.74, 6) is 0.296. The molecule has 0 aromatic carbocycles. The Kier molecular flexibility index (Phi) is 2.59. The van der Waals surface area contributed by atoms with Crippen LogP contribution in [0.25, 0.3) is 0 Å². The quantitative estimate of drug-likeness (QED) is 0.773. The predicted octanol–water partition coefficient (Wildman–Crippen LogP) is 0.286. The van der Waals surface area contributed by atoms with E-state index in [1.807, 2.05) is 0 Å². The van der Waals surface area contributed by atoms with Gasteiger partial charge in [-0.15, -0.1) is 0 Å². The lowest BCUT2D eigenvalue weighted by atomic mass is 10.2. The van der Waals surface area contributed by atoms with Crippen molar-refractivity contribution in [3.8, 4) is 5.88 Å². The zero-order valence-electron chi connectivity index (χ0n) is 10.1. The van der Waals surface area contributed by atoms with Gasteiger partial charge in [0, 0.05) is 13.7 Å². The topological polar surface area (TPSA) is 77.7 Å². The third-order valence-electron chi connectivity index (χ3n) is 3.49. The minimum atomic E-state index is -0.0770. The van der Waals surface area contributed by atoms with Crippen molar-refractivity contribution in [1.82, 2.24) is 9.88 Å². The molecule has 18 heavy (non-hydrogen) atoms. The highest BCUT2D eigenvalue weighted by atomic mass is 16.5. The molecular weight excluding hydrogens is 234 g/mol. The Morgan fingerprint density at radius 2 is 2.44 bits per heavy atom. The van der Waals surface area contributed by atoms with Gasteiger partial charge in [-0.05, 0) is 12.5 Å². The van der Waals surface area contributed by atoms with Crippen molar-refractivity contribution in [2.75, 3.05) is 26.0 Å². The number of methoxy groups -OCH3 is 1. The van der Waals surface area contributed by atoms with Crippen LogP contribution in [0.1, 0.15) is 16.8 Å². The van der Waals surface area contributed by atoms with Crippen LogP contribution >= 0.6 is 0 Å². The van der Waals surface area contributed by atoms with E-state index < -0.39 is 0 Å². The molecule has 0 spiro atoms. The van der Waals surface area contributed by atoms with Crippen molar-refractivity contribution in [3.05, 3.63) is 17.8 Å². The van der Waals surface area contributed by atoms with Gasteiger partial charge in [-0.1, -0.05) is 0 Å². The van der Waals surface area contributed by atoms with Crippen molar-refractivity contribution in [1.29, 1.82) is 0 Å². The van der Waals surface area contributed by atoms with Gasteiger partial charge in [-0.25, -0.2) is 4.98 Å². The fourth-order valence-electron chi connectivity index (χ4n) is 2.52. The maximum absolute atomic E-state index is 12.4. The summed E-state index contributed by atoms with van der Waals surface area (Å²) in [6.07, 6.45) is 2.38. The first-order valence-electron chi connectivity index (χ1n) is 5.91. The van der Waals surface area contributed by atoms with Gasteiger partial charge < -0.3 is 20.1 Å². The smallest absolute Gasteiger partial charge is 0.259 e. The van der Waals surface area contributed by atoms with Gasteiger partial charge >= 0.3 is 0 Å². The minimum Gasteiger partial charge on any atom is -0.475 e. The molecule has 6 heteroatoms. The number of pyridine rings is 1. The van der Waals surface area contributed by atoms with Crippen molar-refractivity contribution in [2.24, 2.45) is 0 Å². The highest BCUT2D eigenvalue weighted by Gasteiger charge is 2.39. The van der Waals surface area contributed by atoms with E-state index in [2.05, 4.69) is 4.98 Å². The number of hydrogen-bond donors (Lipinski definition) is 1. The number of rotatable bonds is 1. The summed E-state index contributed by atoms with van der Waals surface area (Å²) in [4.78, 5) is 18.3. The molecule has 3 rings (SSSR count). The van der Waals surface area contributed by atoms with Crippen LogP contribution in [0.5, 0.6) is 5.88 Å². The van der Waals surface area contributed by atoms with Gasteiger partial charge in [0.2, 0.25) is 5.88 Å². The summed E-state index contributed by atoms with van der Waals surface area (Å²) in [5, 5.41) is 0. The molecule has 2 N–H and O–H groups in total. The molecule has 0 aliphatic carbocycles. The molecule has 0 unspecified atom stereocenters. The molecule has 0 bridgehead atoms. The number of ether oxygens (including phenoxy) is 2. The lowest BCUT2D eigenvalue weighted by Gasteiger charge is -2.20. The average molecular weight is 249 g/mol. The molecule has 96 valence electrons. The Labute approximate surface area is 105 Å². The molecule has 2 aliphatic rings. The molecule has 6 nitrogen and oxygen atoms in total. The van der Waals surface area contributed by atoms with E-state index in [-0.39, 0.29) is 18.1 Å². The standard InChI is InChI=1S/C12H15N3O3/c1-17-9-3-8-6-18-11-10(2-7(13)4-14-11)12(16)15(8)5-9/h2,4,8-9H,3,5-6,13H2,1H3/t8-,9+/m1/s1. The molecule has 3 heterocycles. The third kappa shape index (κ3) is 1.69. The van der Waals surface area contributed by atoms with E-state index in [1.165, 1.54) is 6.20 Å². The number of nitrogens with two attached hydrogens (primary N) is 1. The summed E-state index contributed by atoms with van der Waals surface area (Å²) in [5.41, 5.74) is 6.58. The molecule has 2 aliphatic heterocycles. The van der Waals surface area contributed by atoms with Crippen molar-refractivity contribution in [2.45, 2.75) is 18.6 Å². The van der Waals surface area contributed by atoms with Crippen molar-refractivity contribution in [3.63, 3.8) is 0 Å². The van der Waals surface area contributed by atoms with Gasteiger partial charge in [0.05, 0.1) is 24.0 Å². The molecular formula is C12H15N3O3. The van der Waals surface area contributed by atoms with Crippen LogP contribution in [0, 0.1) is 0 Å². The second kappa shape index (κ2) is 4.13. The van der Waals surface area contributed by atoms with E-state index in [0.717, 1.165) is 6.42 Å². The molecule has 0 radical (unpaired) electrons. The SMILES string of the molecule is CO[C@H]1C[C@@H]2COc3ncc(N)cc3C(=O)N2C1. The second-order valence-electron chi connectivity index (χ2n) is 4.64. The van der Waals surface area contributed by atoms with E-state index in [9.17, 15) is 4.79 Å². The number of carbonyl (C=O) groups excluding carboxylic acids is 1. The summed E-state index contributed by atoms with van der Waals surface area (Å²) in [6.45, 7) is 1.05. The molecule has 0 saturated carbocycles. The Hall–Kier alpha value is -1.82. The Morgan fingerprint density at radius 1 is 1.61 bits per heavy atom. The Morgan fingerprint density at radius 3 is 3.22 bits per heavy atom. The van der Waals surface area contributed by atoms with Crippen LogP contribution in [0.3, 0.4) is 0 Å². The molecule has 1 amide bonds. The van der Waals surface area contributed by atoms with Gasteiger partial charge in [-0.3, -0.25) is 4.79 Å². The average Bonchev–Trinajstić information content (AvgIpc) is 2.75. The third-order valence-corrected chi connectivity index (χ3v) is 3.49. The molecule has 1 aromatic rings. The predicted molar refractivity (Wildman–Crippen MR) is 64.4 cm³/mol. The normalized spacial score (nSPS) is 26.3. The first-order valence-corrected chi connectivity index (χ1v) is 5.91. The highest BCUT2D eigenvalue weighted by Crippen LogP contribution is 2.30. The number of hydrogen-bond acceptors (Lipinski definition) is 5. The number of nitrogen functional groups attached to an aromatic ring is 1. The van der Waals surface area contributed by atoms with Crippen LogP contribution in [0.4, 0.5) is 5.69 Å². The largest absolute Gasteiger partial charge is 0.475 e. The van der Waals surface area contributed by atoms with E-state index in [1.54, 1.807) is 18.1 Å². The maximum atomic E-state index is 12.4. The summed E-state index contributed by atoms with van der Waals surface area (Å²) in [6, 6.07) is 1.67. The summed E-state index contributed by atoms with van der Waals surface area (Å²) in [7, 11) is 1.66. The molecule has 1 fully saturated rings. The van der Waals surface area contributed by atoms with E-state index in [0.29, 0.717) is 30.3 Å². The van der Waals surface area contributed by atoms with Crippen LogP contribution in [0.15, 0.2) is 12.3 Å². The number of fused-ring (bicyclic) bond motifs is 2. The second-order valence-corrected chi connectivity index (χ2v) is 4.64. The van der Waals surface area contributed by atoms with Crippen LogP contribution < -0.4 is 10.5 Å². The van der Waals surface area contributed by atoms with Crippen molar-refractivity contribution < 1.29 is 14.3 Å². The summed E-state index contributed by atoms with van der Waals surface area (Å²) < 4.78 is 10.9. The van der Waals surface area contributed by atoms with Crippen LogP contribution in [-0.2, 0) is 4.74 Å². The van der Waals surface area contributed by atoms with Crippen LogP contribution in [-0.4, -0.2) is 48.2 Å². The van der Waals surface area contributed by atoms with E-state index >= 15 is 0 Å². The van der Waals surface area contributed by atoms with Gasteiger partial charge in [0.15, 0.2) is 0 Å². The lowest BCUT2D eigenvalue weighted by molar-refractivity contribution is 0.0686. The van der Waals surface area contributed by atoms with E-state index in [4.69, 9.17) is 15.2 Å². The molecule has 1 aromatic heterocycles. The zero-order chi connectivity index (χ0) is 12.7. The lowest BCUT2D eigenvalue weighted by Crippen LogP contribution is -2.37. The minimum absolute atomic E-state index is 0.0536. The first-order chi connectivity index (χ1) is 8.69. The van der Waals surface area contributed by atoms with Gasteiger partial charge in [0.1, 0.15) is 12.2 Å². The number of amides is 1. The first kappa shape index (κ1) is 11.3. The molecule has 2 atom stereocenters. The fraction of sp³-hybridized carbons (Fsp3) is 0.500. The summed E-state index contributed by atoms with van der Waals surface area (Å²) >= 11 is 0. The monoisotopic (exact) mass is 249 g/mol. The number of aromatic nitrogens is 1.